The number of hydrogen-bond donors (Lipinski definition) is 1. The van der Waals surface area contributed by atoms with Gasteiger partial charge in [-0.1, -0.05) is 28.1 Å². The molecular weight excluding hydrogens is 256 g/mol. The Balaban J connectivity index is 2.05. The molecule has 0 amide bonds. The second-order valence-electron chi connectivity index (χ2n) is 3.90. The van der Waals surface area contributed by atoms with Crippen LogP contribution in [0.15, 0.2) is 28.7 Å². The Morgan fingerprint density at radius 1 is 1.27 bits per heavy atom. The summed E-state index contributed by atoms with van der Waals surface area (Å²) >= 11 is 3.38. The van der Waals surface area contributed by atoms with Crippen LogP contribution in [0.4, 0.5) is 0 Å². The van der Waals surface area contributed by atoms with E-state index in [4.69, 9.17) is 4.74 Å². The van der Waals surface area contributed by atoms with E-state index in [1.54, 1.807) is 0 Å². The smallest absolute Gasteiger partial charge is 0.105 e. The van der Waals surface area contributed by atoms with Crippen LogP contribution in [0, 0.1) is 0 Å². The zero-order valence-electron chi connectivity index (χ0n) is 8.53. The number of rotatable bonds is 2. The molecule has 0 aliphatic carbocycles. The van der Waals surface area contributed by atoms with E-state index < -0.39 is 6.10 Å². The van der Waals surface area contributed by atoms with Gasteiger partial charge < -0.3 is 9.84 Å². The fourth-order valence-electron chi connectivity index (χ4n) is 1.89. The van der Waals surface area contributed by atoms with E-state index in [-0.39, 0.29) is 6.10 Å². The minimum atomic E-state index is -0.488. The first kappa shape index (κ1) is 11.1. The lowest BCUT2D eigenvalue weighted by molar-refractivity contribution is -0.0633. The lowest BCUT2D eigenvalue weighted by Crippen LogP contribution is -2.26. The number of aliphatic hydroxyl groups excluding tert-OH is 1. The Kier molecular flexibility index (Phi) is 3.78. The normalized spacial score (nSPS) is 23.7. The lowest BCUT2D eigenvalue weighted by Gasteiger charge is -2.27. The molecule has 0 bridgehead atoms. The molecule has 2 atom stereocenters. The molecule has 1 aliphatic heterocycles. The van der Waals surface area contributed by atoms with E-state index in [1.807, 2.05) is 24.3 Å². The first-order valence-electron chi connectivity index (χ1n) is 5.32. The third-order valence-corrected chi connectivity index (χ3v) is 3.31. The SMILES string of the molecule is OC(c1ccc(Br)cc1)C1CCCCO1. The number of halogens is 1. The van der Waals surface area contributed by atoms with Crippen LogP contribution in [0.5, 0.6) is 0 Å². The Labute approximate surface area is 98.4 Å². The van der Waals surface area contributed by atoms with Crippen LogP contribution in [0.3, 0.4) is 0 Å². The molecule has 1 aliphatic rings. The highest BCUT2D eigenvalue weighted by Gasteiger charge is 2.23. The van der Waals surface area contributed by atoms with Crippen LogP contribution < -0.4 is 0 Å². The summed E-state index contributed by atoms with van der Waals surface area (Å²) in [7, 11) is 0. The fraction of sp³-hybridized carbons (Fsp3) is 0.500. The van der Waals surface area contributed by atoms with E-state index >= 15 is 0 Å². The van der Waals surface area contributed by atoms with E-state index in [9.17, 15) is 5.11 Å². The van der Waals surface area contributed by atoms with Crippen LogP contribution in [0.2, 0.25) is 0 Å². The molecule has 1 fully saturated rings. The average molecular weight is 271 g/mol. The largest absolute Gasteiger partial charge is 0.386 e. The van der Waals surface area contributed by atoms with Crippen LogP contribution >= 0.6 is 15.9 Å². The summed E-state index contributed by atoms with van der Waals surface area (Å²) in [6, 6.07) is 7.77. The molecule has 1 aromatic rings. The topological polar surface area (TPSA) is 29.5 Å². The number of hydrogen-bond acceptors (Lipinski definition) is 2. The highest BCUT2D eigenvalue weighted by atomic mass is 79.9. The van der Waals surface area contributed by atoms with Crippen LogP contribution in [-0.2, 0) is 4.74 Å². The van der Waals surface area contributed by atoms with Gasteiger partial charge in [0, 0.05) is 11.1 Å². The molecule has 2 rings (SSSR count). The monoisotopic (exact) mass is 270 g/mol. The molecule has 1 saturated heterocycles. The molecule has 82 valence electrons. The molecule has 1 heterocycles. The van der Waals surface area contributed by atoms with Crippen molar-refractivity contribution in [2.75, 3.05) is 6.61 Å². The minimum Gasteiger partial charge on any atom is -0.386 e. The zero-order chi connectivity index (χ0) is 10.7. The number of benzene rings is 1. The average Bonchev–Trinajstić information content (AvgIpc) is 2.30. The van der Waals surface area contributed by atoms with Crippen molar-refractivity contribution in [2.45, 2.75) is 31.5 Å². The molecule has 2 nitrogen and oxygen atoms in total. The minimum absolute atomic E-state index is 0.0278. The van der Waals surface area contributed by atoms with Crippen molar-refractivity contribution >= 4 is 15.9 Å². The first-order chi connectivity index (χ1) is 7.27. The molecule has 0 spiro atoms. The first-order valence-corrected chi connectivity index (χ1v) is 6.12. The third kappa shape index (κ3) is 2.80. The van der Waals surface area contributed by atoms with E-state index in [2.05, 4.69) is 15.9 Å². The van der Waals surface area contributed by atoms with Crippen molar-refractivity contribution in [3.63, 3.8) is 0 Å². The van der Waals surface area contributed by atoms with Crippen molar-refractivity contribution < 1.29 is 9.84 Å². The number of ether oxygens (including phenoxy) is 1. The van der Waals surface area contributed by atoms with Crippen molar-refractivity contribution in [2.24, 2.45) is 0 Å². The molecular formula is C12H15BrO2. The van der Waals surface area contributed by atoms with Crippen LogP contribution in [-0.4, -0.2) is 17.8 Å². The van der Waals surface area contributed by atoms with E-state index in [0.29, 0.717) is 0 Å². The summed E-state index contributed by atoms with van der Waals surface area (Å²) in [5.74, 6) is 0. The summed E-state index contributed by atoms with van der Waals surface area (Å²) in [6.45, 7) is 0.776. The second kappa shape index (κ2) is 5.10. The second-order valence-corrected chi connectivity index (χ2v) is 4.82. The fourth-order valence-corrected chi connectivity index (χ4v) is 2.15. The van der Waals surface area contributed by atoms with Gasteiger partial charge >= 0.3 is 0 Å². The highest BCUT2D eigenvalue weighted by molar-refractivity contribution is 9.10. The van der Waals surface area contributed by atoms with Gasteiger partial charge in [0.1, 0.15) is 6.10 Å². The van der Waals surface area contributed by atoms with Crippen molar-refractivity contribution in [3.8, 4) is 0 Å². The summed E-state index contributed by atoms with van der Waals surface area (Å²) in [5, 5.41) is 10.1. The van der Waals surface area contributed by atoms with Gasteiger partial charge in [-0.25, -0.2) is 0 Å². The van der Waals surface area contributed by atoms with Gasteiger partial charge in [-0.05, 0) is 37.0 Å². The van der Waals surface area contributed by atoms with Crippen molar-refractivity contribution in [1.82, 2.24) is 0 Å². The summed E-state index contributed by atoms with van der Waals surface area (Å²) in [5.41, 5.74) is 0.935. The summed E-state index contributed by atoms with van der Waals surface area (Å²) < 4.78 is 6.59. The van der Waals surface area contributed by atoms with Crippen molar-refractivity contribution in [3.05, 3.63) is 34.3 Å². The molecule has 15 heavy (non-hydrogen) atoms. The van der Waals surface area contributed by atoms with Gasteiger partial charge in [0.2, 0.25) is 0 Å². The Bertz CT molecular complexity index is 304. The maximum absolute atomic E-state index is 10.1. The Hall–Kier alpha value is -0.380. The maximum Gasteiger partial charge on any atom is 0.105 e. The Morgan fingerprint density at radius 2 is 2.00 bits per heavy atom. The molecule has 3 heteroatoms. The van der Waals surface area contributed by atoms with Gasteiger partial charge in [-0.3, -0.25) is 0 Å². The maximum atomic E-state index is 10.1. The Morgan fingerprint density at radius 3 is 2.60 bits per heavy atom. The molecule has 0 radical (unpaired) electrons. The standard InChI is InChI=1S/C12H15BrO2/c13-10-6-4-9(5-7-10)12(14)11-3-1-2-8-15-11/h4-7,11-12,14H,1-3,8H2. The van der Waals surface area contributed by atoms with E-state index in [1.165, 1.54) is 0 Å². The van der Waals surface area contributed by atoms with Gasteiger partial charge in [0.05, 0.1) is 6.10 Å². The predicted molar refractivity (Wildman–Crippen MR) is 62.7 cm³/mol. The van der Waals surface area contributed by atoms with Gasteiger partial charge in [-0.2, -0.15) is 0 Å². The van der Waals surface area contributed by atoms with Crippen molar-refractivity contribution in [1.29, 1.82) is 0 Å². The predicted octanol–water partition coefficient (Wildman–Crippen LogP) is 3.05. The number of aliphatic hydroxyl groups is 1. The molecule has 1 aromatic carbocycles. The highest BCUT2D eigenvalue weighted by Crippen LogP contribution is 2.26. The van der Waals surface area contributed by atoms with Gasteiger partial charge in [0.15, 0.2) is 0 Å². The van der Waals surface area contributed by atoms with Gasteiger partial charge in [-0.15, -0.1) is 0 Å². The molecule has 2 unspecified atom stereocenters. The zero-order valence-corrected chi connectivity index (χ0v) is 10.1. The third-order valence-electron chi connectivity index (χ3n) is 2.78. The summed E-state index contributed by atoms with van der Waals surface area (Å²) in [4.78, 5) is 0. The molecule has 1 N–H and O–H groups in total. The quantitative estimate of drug-likeness (QED) is 0.895. The van der Waals surface area contributed by atoms with Crippen LogP contribution in [0.25, 0.3) is 0 Å². The molecule has 0 aromatic heterocycles. The van der Waals surface area contributed by atoms with Gasteiger partial charge in [0.25, 0.3) is 0 Å². The molecule has 0 saturated carbocycles. The lowest BCUT2D eigenvalue weighted by atomic mass is 9.98. The van der Waals surface area contributed by atoms with Crippen LogP contribution in [0.1, 0.15) is 30.9 Å². The summed E-state index contributed by atoms with van der Waals surface area (Å²) in [6.07, 6.45) is 2.71. The van der Waals surface area contributed by atoms with E-state index in [0.717, 1.165) is 35.9 Å².